The van der Waals surface area contributed by atoms with Crippen LogP contribution in [0.5, 0.6) is 0 Å². The largest absolute Gasteiger partial charge is 0.197 e. The summed E-state index contributed by atoms with van der Waals surface area (Å²) in [4.78, 5) is 0. The van der Waals surface area contributed by atoms with Crippen LogP contribution in [0.4, 0.5) is 0 Å². The molecule has 0 aliphatic carbocycles. The summed E-state index contributed by atoms with van der Waals surface area (Å²) in [7, 11) is 0. The molecule has 0 heterocycles. The lowest BCUT2D eigenvalue weighted by Gasteiger charge is -2.25. The second-order valence-electron chi connectivity index (χ2n) is 3.72. The molecule has 0 atom stereocenters. The van der Waals surface area contributed by atoms with E-state index in [1.807, 2.05) is 12.1 Å². The molecule has 1 aromatic carbocycles. The van der Waals surface area contributed by atoms with Crippen molar-refractivity contribution in [2.75, 3.05) is 0 Å². The maximum Gasteiger partial charge on any atom is 0.0819 e. The number of hydrogen-bond acceptors (Lipinski definition) is 1. The molecule has 0 radical (unpaired) electrons. The fourth-order valence-electron chi connectivity index (χ4n) is 1.96. The van der Waals surface area contributed by atoms with Crippen molar-refractivity contribution in [3.05, 3.63) is 35.4 Å². The van der Waals surface area contributed by atoms with E-state index in [-0.39, 0.29) is 5.41 Å². The number of aryl methyl sites for hydroxylation is 1. The average molecular weight is 187 g/mol. The molecule has 0 spiro atoms. The molecule has 0 amide bonds. The van der Waals surface area contributed by atoms with Crippen LogP contribution in [-0.2, 0) is 5.41 Å². The minimum atomic E-state index is -0.286. The van der Waals surface area contributed by atoms with Crippen molar-refractivity contribution in [2.45, 2.75) is 39.0 Å². The van der Waals surface area contributed by atoms with Crippen LogP contribution in [0, 0.1) is 18.3 Å². The molecular formula is C13H17N. The molecule has 0 aliphatic rings. The Morgan fingerprint density at radius 1 is 1.21 bits per heavy atom. The summed E-state index contributed by atoms with van der Waals surface area (Å²) >= 11 is 0. The van der Waals surface area contributed by atoms with Gasteiger partial charge < -0.3 is 0 Å². The topological polar surface area (TPSA) is 23.8 Å². The Hall–Kier alpha value is -1.29. The number of hydrogen-bond donors (Lipinski definition) is 0. The second-order valence-corrected chi connectivity index (χ2v) is 3.72. The number of nitrogens with zero attached hydrogens (tertiary/aromatic N) is 1. The predicted octanol–water partition coefficient (Wildman–Crippen LogP) is 3.58. The van der Waals surface area contributed by atoms with Gasteiger partial charge in [0.1, 0.15) is 0 Å². The highest BCUT2D eigenvalue weighted by Crippen LogP contribution is 2.32. The third kappa shape index (κ3) is 1.65. The minimum absolute atomic E-state index is 0.286. The normalized spacial score (nSPS) is 11.0. The molecule has 1 heteroatoms. The Morgan fingerprint density at radius 2 is 1.79 bits per heavy atom. The summed E-state index contributed by atoms with van der Waals surface area (Å²) in [5.41, 5.74) is 2.12. The van der Waals surface area contributed by atoms with E-state index in [1.165, 1.54) is 11.1 Å². The molecule has 0 saturated heterocycles. The molecule has 0 aliphatic heterocycles. The molecule has 0 saturated carbocycles. The van der Waals surface area contributed by atoms with Crippen LogP contribution in [0.15, 0.2) is 24.3 Å². The molecule has 1 rings (SSSR count). The van der Waals surface area contributed by atoms with Gasteiger partial charge in [0.2, 0.25) is 0 Å². The Balaban J connectivity index is 3.26. The standard InChI is InChI=1S/C13H17N/c1-4-13(5-2,10-14)12-9-7-6-8-11(12)3/h6-9H,4-5H2,1-3H3. The van der Waals surface area contributed by atoms with Gasteiger partial charge in [-0.05, 0) is 30.9 Å². The van der Waals surface area contributed by atoms with Crippen molar-refractivity contribution in [3.8, 4) is 6.07 Å². The van der Waals surface area contributed by atoms with E-state index < -0.39 is 0 Å². The quantitative estimate of drug-likeness (QED) is 0.709. The molecule has 1 aromatic rings. The lowest BCUT2D eigenvalue weighted by molar-refractivity contribution is 0.508. The molecule has 0 aromatic heterocycles. The fraction of sp³-hybridized carbons (Fsp3) is 0.462. The summed E-state index contributed by atoms with van der Waals surface area (Å²) in [6.07, 6.45) is 1.76. The highest BCUT2D eigenvalue weighted by Gasteiger charge is 2.29. The van der Waals surface area contributed by atoms with Crippen molar-refractivity contribution in [1.82, 2.24) is 0 Å². The Labute approximate surface area is 86.4 Å². The first-order valence-electron chi connectivity index (χ1n) is 5.17. The maximum atomic E-state index is 9.30. The van der Waals surface area contributed by atoms with E-state index in [4.69, 9.17) is 0 Å². The fourth-order valence-corrected chi connectivity index (χ4v) is 1.96. The van der Waals surface area contributed by atoms with E-state index in [1.54, 1.807) is 0 Å². The van der Waals surface area contributed by atoms with E-state index in [0.29, 0.717) is 0 Å². The molecular weight excluding hydrogens is 170 g/mol. The highest BCUT2D eigenvalue weighted by atomic mass is 14.4. The van der Waals surface area contributed by atoms with Gasteiger partial charge in [0.25, 0.3) is 0 Å². The monoisotopic (exact) mass is 187 g/mol. The van der Waals surface area contributed by atoms with E-state index >= 15 is 0 Å². The van der Waals surface area contributed by atoms with Gasteiger partial charge in [-0.3, -0.25) is 0 Å². The molecule has 14 heavy (non-hydrogen) atoms. The van der Waals surface area contributed by atoms with Crippen molar-refractivity contribution in [2.24, 2.45) is 0 Å². The molecule has 0 unspecified atom stereocenters. The zero-order valence-electron chi connectivity index (χ0n) is 9.17. The van der Waals surface area contributed by atoms with Crippen LogP contribution in [-0.4, -0.2) is 0 Å². The Kier molecular flexibility index (Phi) is 3.30. The lowest BCUT2D eigenvalue weighted by Crippen LogP contribution is -2.23. The first-order chi connectivity index (χ1) is 6.70. The number of nitriles is 1. The third-order valence-corrected chi connectivity index (χ3v) is 3.08. The van der Waals surface area contributed by atoms with Gasteiger partial charge in [0.15, 0.2) is 0 Å². The molecule has 0 fully saturated rings. The Morgan fingerprint density at radius 3 is 2.21 bits per heavy atom. The molecule has 1 nitrogen and oxygen atoms in total. The molecule has 74 valence electrons. The van der Waals surface area contributed by atoms with E-state index in [0.717, 1.165) is 12.8 Å². The summed E-state index contributed by atoms with van der Waals surface area (Å²) in [6.45, 7) is 6.24. The zero-order valence-corrected chi connectivity index (χ0v) is 9.17. The van der Waals surface area contributed by atoms with Gasteiger partial charge in [-0.15, -0.1) is 0 Å². The van der Waals surface area contributed by atoms with Gasteiger partial charge in [-0.1, -0.05) is 38.1 Å². The van der Waals surface area contributed by atoms with Crippen LogP contribution in [0.3, 0.4) is 0 Å². The lowest BCUT2D eigenvalue weighted by atomic mass is 9.75. The third-order valence-electron chi connectivity index (χ3n) is 3.08. The smallest absolute Gasteiger partial charge is 0.0819 e. The number of rotatable bonds is 3. The first-order valence-corrected chi connectivity index (χ1v) is 5.17. The summed E-state index contributed by atoms with van der Waals surface area (Å²) < 4.78 is 0. The SMILES string of the molecule is CCC(C#N)(CC)c1ccccc1C. The average Bonchev–Trinajstić information content (AvgIpc) is 2.24. The van der Waals surface area contributed by atoms with Crippen LogP contribution in [0.1, 0.15) is 37.8 Å². The van der Waals surface area contributed by atoms with Crippen LogP contribution >= 0.6 is 0 Å². The van der Waals surface area contributed by atoms with Crippen LogP contribution in [0.2, 0.25) is 0 Å². The first kappa shape index (κ1) is 10.8. The van der Waals surface area contributed by atoms with Crippen molar-refractivity contribution < 1.29 is 0 Å². The summed E-state index contributed by atoms with van der Waals surface area (Å²) in [6, 6.07) is 10.7. The van der Waals surface area contributed by atoms with Crippen molar-refractivity contribution in [3.63, 3.8) is 0 Å². The van der Waals surface area contributed by atoms with Gasteiger partial charge in [0, 0.05) is 0 Å². The van der Waals surface area contributed by atoms with Gasteiger partial charge in [-0.25, -0.2) is 0 Å². The maximum absolute atomic E-state index is 9.30. The van der Waals surface area contributed by atoms with Crippen molar-refractivity contribution >= 4 is 0 Å². The molecule has 0 N–H and O–H groups in total. The molecule has 0 bridgehead atoms. The number of benzene rings is 1. The van der Waals surface area contributed by atoms with E-state index in [2.05, 4.69) is 39.0 Å². The Bertz CT molecular complexity index is 342. The van der Waals surface area contributed by atoms with Crippen molar-refractivity contribution in [1.29, 1.82) is 5.26 Å². The van der Waals surface area contributed by atoms with Crippen LogP contribution < -0.4 is 0 Å². The zero-order chi connectivity index (χ0) is 10.6. The van der Waals surface area contributed by atoms with Crippen LogP contribution in [0.25, 0.3) is 0 Å². The van der Waals surface area contributed by atoms with Gasteiger partial charge >= 0.3 is 0 Å². The highest BCUT2D eigenvalue weighted by molar-refractivity contribution is 5.38. The predicted molar refractivity (Wildman–Crippen MR) is 59.1 cm³/mol. The van der Waals surface area contributed by atoms with Gasteiger partial charge in [-0.2, -0.15) is 5.26 Å². The summed E-state index contributed by atoms with van der Waals surface area (Å²) in [5, 5.41) is 9.30. The summed E-state index contributed by atoms with van der Waals surface area (Å²) in [5.74, 6) is 0. The minimum Gasteiger partial charge on any atom is -0.197 e. The van der Waals surface area contributed by atoms with E-state index in [9.17, 15) is 5.26 Å². The van der Waals surface area contributed by atoms with Gasteiger partial charge in [0.05, 0.1) is 11.5 Å². The second kappa shape index (κ2) is 4.28.